The monoisotopic (exact) mass is 236 g/mol. The summed E-state index contributed by atoms with van der Waals surface area (Å²) in [5, 5.41) is 0. The topological polar surface area (TPSA) is 94.8 Å². The van der Waals surface area contributed by atoms with E-state index in [1.807, 2.05) is 0 Å². The Balaban J connectivity index is -0.0000000154. The van der Waals surface area contributed by atoms with Crippen LogP contribution < -0.4 is 18.9 Å². The quantitative estimate of drug-likeness (QED) is 0.295. The van der Waals surface area contributed by atoms with E-state index in [1.165, 1.54) is 0 Å². The summed E-state index contributed by atoms with van der Waals surface area (Å²) in [4.78, 5) is 21.6. The molecule has 9 heavy (non-hydrogen) atoms. The minimum atomic E-state index is -4.64. The van der Waals surface area contributed by atoms with E-state index in [0.29, 0.717) is 0 Å². The normalized spacial score (nSPS) is 7.22. The molecule has 0 radical (unpaired) electrons. The van der Waals surface area contributed by atoms with Crippen LogP contribution in [0.5, 0.6) is 0 Å². The summed E-state index contributed by atoms with van der Waals surface area (Å²) in [6.07, 6.45) is 0. The maximum absolute atomic E-state index is 8.88. The summed E-state index contributed by atoms with van der Waals surface area (Å²) in [6, 6.07) is 0. The predicted molar refractivity (Wildman–Crippen MR) is 16.1 cm³/mol. The van der Waals surface area contributed by atoms with Crippen LogP contribution in [0, 0.1) is 0 Å². The van der Waals surface area contributed by atoms with Crippen molar-refractivity contribution in [3.63, 3.8) is 0 Å². The first-order valence-electron chi connectivity index (χ1n) is 0.912. The number of hydrogen-bond donors (Lipinski definition) is 3. The second-order valence-corrected chi connectivity index (χ2v) is 1.54. The Kier molecular flexibility index (Phi) is 30.5. The van der Waals surface area contributed by atoms with Gasteiger partial charge in [-0.05, 0) is 0 Å². The summed E-state index contributed by atoms with van der Waals surface area (Å²) < 4.78 is 16.8. The third-order valence-electron chi connectivity index (χ3n) is 0. The molecule has 0 fully saturated rings. The van der Waals surface area contributed by atoms with Crippen LogP contribution in [-0.2, 0) is 40.9 Å². The standard InChI is InChI=1S/Fe.Li.Ni.H3O4P.O.H/c;;;1-5(2,3)4;;/h;;;(H3,1,2,3,4);;/q;+1;;;;-1. The molecule has 0 amide bonds. The molecule has 0 rings (SSSR count). The summed E-state index contributed by atoms with van der Waals surface area (Å²) in [7, 11) is -4.64. The third-order valence-corrected chi connectivity index (χ3v) is 0. The van der Waals surface area contributed by atoms with Crippen LogP contribution in [-0.4, -0.2) is 14.7 Å². The number of hydrogen-bond acceptors (Lipinski definition) is 2. The van der Waals surface area contributed by atoms with E-state index in [9.17, 15) is 0 Å². The van der Waals surface area contributed by atoms with Gasteiger partial charge in [-0.15, -0.1) is 0 Å². The molecule has 0 spiro atoms. The van der Waals surface area contributed by atoms with E-state index in [1.54, 1.807) is 0 Å². The van der Waals surface area contributed by atoms with Crippen molar-refractivity contribution in [1.29, 1.82) is 0 Å². The fourth-order valence-corrected chi connectivity index (χ4v) is 0. The van der Waals surface area contributed by atoms with Crippen molar-refractivity contribution in [2.24, 2.45) is 0 Å². The molecule has 0 heterocycles. The van der Waals surface area contributed by atoms with Crippen molar-refractivity contribution in [2.45, 2.75) is 0 Å². The van der Waals surface area contributed by atoms with Gasteiger partial charge < -0.3 is 16.1 Å². The second kappa shape index (κ2) is 12.2. The Morgan fingerprint density at radius 3 is 1.22 bits per heavy atom. The van der Waals surface area contributed by atoms with Crippen molar-refractivity contribution < 1.29 is 75.9 Å². The van der Waals surface area contributed by atoms with Crippen LogP contribution in [0.25, 0.3) is 0 Å². The van der Waals surface area contributed by atoms with Gasteiger partial charge in [-0.3, -0.25) is 0 Å². The van der Waals surface area contributed by atoms with Gasteiger partial charge in [0.25, 0.3) is 0 Å². The van der Waals surface area contributed by atoms with E-state index in [4.69, 9.17) is 23.1 Å². The summed E-state index contributed by atoms with van der Waals surface area (Å²) in [6.45, 7) is 0. The molecule has 0 aromatic rings. The van der Waals surface area contributed by atoms with Gasteiger partial charge in [-0.2, -0.15) is 0 Å². The first-order valence-corrected chi connectivity index (χ1v) is 2.88. The van der Waals surface area contributed by atoms with Crippen molar-refractivity contribution in [1.82, 2.24) is 0 Å². The zero-order valence-electron chi connectivity index (χ0n) is 5.28. The molecule has 9 heteroatoms. The molecule has 0 saturated heterocycles. The molecule has 0 saturated carbocycles. The van der Waals surface area contributed by atoms with Gasteiger partial charge in [0.2, 0.25) is 0 Å². The second-order valence-electron chi connectivity index (χ2n) is 0.513. The SMILES string of the molecule is O=P(O)(O)O.[Fe].[H-].[Li+].[O]=[Ni]. The molecule has 0 atom stereocenters. The first kappa shape index (κ1) is 22.4. The zero-order chi connectivity index (χ0) is 6.50. The zero-order valence-corrected chi connectivity index (χ0v) is 7.26. The Hall–Kier alpha value is 1.52. The predicted octanol–water partition coefficient (Wildman–Crippen LogP) is -3.94. The van der Waals surface area contributed by atoms with Crippen LogP contribution in [0.1, 0.15) is 1.43 Å². The van der Waals surface area contributed by atoms with Crippen LogP contribution in [0.15, 0.2) is 0 Å². The molecule has 0 aliphatic heterocycles. The van der Waals surface area contributed by atoms with Gasteiger partial charge in [0.1, 0.15) is 0 Å². The Morgan fingerprint density at radius 2 is 1.22 bits per heavy atom. The Labute approximate surface area is 83.5 Å². The van der Waals surface area contributed by atoms with Gasteiger partial charge in [-0.25, -0.2) is 4.57 Å². The molecular weight excluding hydrogens is 232 g/mol. The summed E-state index contributed by atoms with van der Waals surface area (Å²) in [5.41, 5.74) is 0. The van der Waals surface area contributed by atoms with Crippen LogP contribution in [0.2, 0.25) is 0 Å². The fourth-order valence-electron chi connectivity index (χ4n) is 0. The molecule has 0 aromatic heterocycles. The number of rotatable bonds is 0. The van der Waals surface area contributed by atoms with E-state index >= 15 is 0 Å². The van der Waals surface area contributed by atoms with Crippen LogP contribution in [0.4, 0.5) is 0 Å². The number of phosphoric acid groups is 1. The van der Waals surface area contributed by atoms with Crippen molar-refractivity contribution in [3.05, 3.63) is 0 Å². The average Bonchev–Trinajstić information content (AvgIpc) is 1.36. The van der Waals surface area contributed by atoms with Gasteiger partial charge >= 0.3 is 46.0 Å². The van der Waals surface area contributed by atoms with Crippen LogP contribution >= 0.6 is 7.82 Å². The van der Waals surface area contributed by atoms with E-state index < -0.39 is 7.82 Å². The maximum atomic E-state index is 8.88. The molecule has 58 valence electrons. The molecule has 0 bridgehead atoms. The molecule has 3 N–H and O–H groups in total. The van der Waals surface area contributed by atoms with Crippen LogP contribution in [0.3, 0.4) is 0 Å². The van der Waals surface area contributed by atoms with E-state index in [0.717, 1.165) is 0 Å². The molecule has 0 aliphatic carbocycles. The third kappa shape index (κ3) is 233. The van der Waals surface area contributed by atoms with Crippen molar-refractivity contribution >= 4 is 7.82 Å². The van der Waals surface area contributed by atoms with Gasteiger partial charge in [0.15, 0.2) is 0 Å². The average molecular weight is 236 g/mol. The molecule has 0 unspecified atom stereocenters. The van der Waals surface area contributed by atoms with Gasteiger partial charge in [0, 0.05) is 17.1 Å². The molecule has 5 nitrogen and oxygen atoms in total. The molecular formula is H4FeLiNiO5P. The molecule has 0 aliphatic rings. The fraction of sp³-hybridized carbons (Fsp3) is 0. The Bertz CT molecular complexity index is 77.5. The van der Waals surface area contributed by atoms with E-state index in [2.05, 4.69) is 15.4 Å². The summed E-state index contributed by atoms with van der Waals surface area (Å²) >= 11 is 2.62. The molecule has 0 aromatic carbocycles. The van der Waals surface area contributed by atoms with Crippen molar-refractivity contribution in [3.8, 4) is 0 Å². The van der Waals surface area contributed by atoms with E-state index in [-0.39, 0.29) is 37.4 Å². The van der Waals surface area contributed by atoms with Crippen molar-refractivity contribution in [2.75, 3.05) is 0 Å². The van der Waals surface area contributed by atoms with Gasteiger partial charge in [-0.1, -0.05) is 0 Å². The Morgan fingerprint density at radius 1 is 1.22 bits per heavy atom. The first-order chi connectivity index (χ1) is 3.00. The minimum absolute atomic E-state index is 0. The van der Waals surface area contributed by atoms with Gasteiger partial charge in [0.05, 0.1) is 0 Å². The summed E-state index contributed by atoms with van der Waals surface area (Å²) in [5.74, 6) is 0.